The maximum absolute atomic E-state index is 11.9. The topological polar surface area (TPSA) is 75.7 Å². The molecule has 1 atom stereocenters. The fourth-order valence-electron chi connectivity index (χ4n) is 3.75. The third-order valence-corrected chi connectivity index (χ3v) is 5.59. The Morgan fingerprint density at radius 2 is 1.85 bits per heavy atom. The molecule has 0 spiro atoms. The molecule has 27 heavy (non-hydrogen) atoms. The van der Waals surface area contributed by atoms with E-state index < -0.39 is 0 Å². The molecule has 0 radical (unpaired) electrons. The molecule has 2 bridgehead atoms. The summed E-state index contributed by atoms with van der Waals surface area (Å²) < 4.78 is 5.40. The van der Waals surface area contributed by atoms with Crippen LogP contribution in [0.5, 0.6) is 0 Å². The molecule has 2 N–H and O–H groups in total. The molecular weight excluding hydrogens is 346 g/mol. The molecule has 9 heteroatoms. The van der Waals surface area contributed by atoms with Crippen molar-refractivity contribution in [2.45, 2.75) is 6.04 Å². The number of fused-ring (bicyclic) bond motifs is 3. The minimum absolute atomic E-state index is 0.0101. The molecule has 1 amide bonds. The molecule has 4 fully saturated rings. The van der Waals surface area contributed by atoms with Gasteiger partial charge in [-0.05, 0) is 0 Å². The first-order chi connectivity index (χ1) is 13.1. The minimum Gasteiger partial charge on any atom is -0.379 e. The van der Waals surface area contributed by atoms with Gasteiger partial charge in [0, 0.05) is 85.6 Å². The van der Waals surface area contributed by atoms with Crippen molar-refractivity contribution in [3.8, 4) is 0 Å². The second-order valence-electron chi connectivity index (χ2n) is 7.71. The number of hydrogen-bond donors (Lipinski definition) is 2. The average Bonchev–Trinajstić information content (AvgIpc) is 2.71. The lowest BCUT2D eigenvalue weighted by atomic mass is 10.1. The van der Waals surface area contributed by atoms with E-state index in [4.69, 9.17) is 4.74 Å². The van der Waals surface area contributed by atoms with E-state index in [-0.39, 0.29) is 12.5 Å². The normalized spacial score (nSPS) is 28.8. The predicted octanol–water partition coefficient (Wildman–Crippen LogP) is -2.06. The monoisotopic (exact) mass is 381 g/mol. The molecule has 0 aliphatic carbocycles. The Labute approximate surface area is 162 Å². The molecular formula is C18H35N7O2. The van der Waals surface area contributed by atoms with Gasteiger partial charge in [0.05, 0.1) is 13.2 Å². The van der Waals surface area contributed by atoms with E-state index in [9.17, 15) is 4.79 Å². The summed E-state index contributed by atoms with van der Waals surface area (Å²) in [6.07, 6.45) is 0. The van der Waals surface area contributed by atoms with E-state index in [1.165, 1.54) is 13.1 Å². The van der Waals surface area contributed by atoms with E-state index >= 15 is 0 Å². The molecule has 4 aliphatic rings. The number of morpholine rings is 1. The van der Waals surface area contributed by atoms with Crippen LogP contribution in [0.15, 0.2) is 4.99 Å². The zero-order valence-electron chi connectivity index (χ0n) is 16.8. The lowest BCUT2D eigenvalue weighted by molar-refractivity contribution is -0.127. The highest BCUT2D eigenvalue weighted by Gasteiger charge is 2.31. The molecule has 0 aromatic carbocycles. The fourth-order valence-corrected chi connectivity index (χ4v) is 3.75. The van der Waals surface area contributed by atoms with Crippen molar-refractivity contribution in [2.75, 3.05) is 99.3 Å². The van der Waals surface area contributed by atoms with Crippen LogP contribution in [0.3, 0.4) is 0 Å². The molecule has 0 aromatic heterocycles. The van der Waals surface area contributed by atoms with Crippen LogP contribution in [0.2, 0.25) is 0 Å². The van der Waals surface area contributed by atoms with Crippen molar-refractivity contribution in [3.63, 3.8) is 0 Å². The number of hydrogen-bond acceptors (Lipinski definition) is 6. The van der Waals surface area contributed by atoms with Gasteiger partial charge in [-0.3, -0.25) is 19.5 Å². The smallest absolute Gasteiger partial charge is 0.243 e. The van der Waals surface area contributed by atoms with Crippen molar-refractivity contribution in [3.05, 3.63) is 0 Å². The van der Waals surface area contributed by atoms with E-state index in [1.54, 1.807) is 19.0 Å². The Bertz CT molecular complexity index is 500. The first kappa shape index (κ1) is 20.3. The average molecular weight is 382 g/mol. The predicted molar refractivity (Wildman–Crippen MR) is 106 cm³/mol. The molecule has 1 unspecified atom stereocenters. The second-order valence-corrected chi connectivity index (χ2v) is 7.71. The lowest BCUT2D eigenvalue weighted by Crippen LogP contribution is -2.64. The van der Waals surface area contributed by atoms with Gasteiger partial charge in [0.15, 0.2) is 5.96 Å². The number of amides is 1. The minimum atomic E-state index is 0.0101. The Hall–Kier alpha value is -1.42. The Balaban J connectivity index is 1.47. The van der Waals surface area contributed by atoms with Crippen LogP contribution in [0.4, 0.5) is 0 Å². The van der Waals surface area contributed by atoms with Crippen LogP contribution in [0.25, 0.3) is 0 Å². The van der Waals surface area contributed by atoms with Gasteiger partial charge >= 0.3 is 0 Å². The van der Waals surface area contributed by atoms with Crippen LogP contribution in [0.1, 0.15) is 0 Å². The van der Waals surface area contributed by atoms with Crippen molar-refractivity contribution in [2.24, 2.45) is 4.99 Å². The number of ether oxygens (including phenoxy) is 1. The zero-order valence-corrected chi connectivity index (χ0v) is 16.8. The first-order valence-corrected chi connectivity index (χ1v) is 10.1. The highest BCUT2D eigenvalue weighted by Crippen LogP contribution is 2.14. The van der Waals surface area contributed by atoms with Gasteiger partial charge < -0.3 is 20.3 Å². The summed E-state index contributed by atoms with van der Waals surface area (Å²) in [5.74, 6) is 0.743. The summed E-state index contributed by atoms with van der Waals surface area (Å²) in [7, 11) is 3.52. The molecule has 4 aliphatic heterocycles. The largest absolute Gasteiger partial charge is 0.379 e. The van der Waals surface area contributed by atoms with Crippen LogP contribution in [-0.2, 0) is 9.53 Å². The summed E-state index contributed by atoms with van der Waals surface area (Å²) in [5, 5.41) is 6.86. The molecule has 154 valence electrons. The number of likely N-dealkylation sites (N-methyl/N-ethyl adjacent to an activating group) is 1. The Kier molecular flexibility index (Phi) is 7.69. The van der Waals surface area contributed by atoms with Crippen molar-refractivity contribution < 1.29 is 9.53 Å². The summed E-state index contributed by atoms with van der Waals surface area (Å²) in [6.45, 7) is 12.2. The SMILES string of the molecule is CN(C)C(=O)CN=C(NCCN1CCOCC1)NCC1CN2CCN1CC2. The Morgan fingerprint density at radius 3 is 2.48 bits per heavy atom. The van der Waals surface area contributed by atoms with Gasteiger partial charge in [0.2, 0.25) is 5.91 Å². The van der Waals surface area contributed by atoms with E-state index in [2.05, 4.69) is 30.3 Å². The lowest BCUT2D eigenvalue weighted by Gasteiger charge is -2.47. The maximum atomic E-state index is 11.9. The van der Waals surface area contributed by atoms with E-state index in [1.807, 2.05) is 0 Å². The van der Waals surface area contributed by atoms with Gasteiger partial charge in [0.1, 0.15) is 6.54 Å². The van der Waals surface area contributed by atoms with Gasteiger partial charge in [-0.15, -0.1) is 0 Å². The standard InChI is InChI=1S/C18H35N7O2/c1-22(2)17(26)14-21-18(19-3-4-23-9-11-27-12-10-23)20-13-16-15-24-5-7-25(16)8-6-24/h16H,3-15H2,1-2H3,(H2,19,20,21). The highest BCUT2D eigenvalue weighted by molar-refractivity contribution is 5.84. The number of carbonyl (C=O) groups is 1. The highest BCUT2D eigenvalue weighted by atomic mass is 16.5. The zero-order chi connectivity index (χ0) is 19.1. The van der Waals surface area contributed by atoms with Gasteiger partial charge in [0.25, 0.3) is 0 Å². The summed E-state index contributed by atoms with van der Waals surface area (Å²) in [4.78, 5) is 25.5. The number of nitrogens with zero attached hydrogens (tertiary/aromatic N) is 5. The summed E-state index contributed by atoms with van der Waals surface area (Å²) >= 11 is 0. The first-order valence-electron chi connectivity index (χ1n) is 10.1. The second kappa shape index (κ2) is 10.2. The van der Waals surface area contributed by atoms with Crippen molar-refractivity contribution >= 4 is 11.9 Å². The van der Waals surface area contributed by atoms with Crippen LogP contribution in [-0.4, -0.2) is 137 Å². The third-order valence-electron chi connectivity index (χ3n) is 5.59. The number of piperazine rings is 3. The number of aliphatic imine (C=N–C) groups is 1. The molecule has 0 saturated carbocycles. The molecule has 9 nitrogen and oxygen atoms in total. The summed E-state index contributed by atoms with van der Waals surface area (Å²) in [5.41, 5.74) is 0. The third kappa shape index (κ3) is 6.31. The molecule has 4 saturated heterocycles. The van der Waals surface area contributed by atoms with Gasteiger partial charge in [-0.25, -0.2) is 4.99 Å². The van der Waals surface area contributed by atoms with E-state index in [0.717, 1.165) is 71.5 Å². The van der Waals surface area contributed by atoms with Gasteiger partial charge in [-0.2, -0.15) is 0 Å². The number of carbonyl (C=O) groups excluding carboxylic acids is 1. The molecule has 4 rings (SSSR count). The van der Waals surface area contributed by atoms with Crippen LogP contribution < -0.4 is 10.6 Å². The number of rotatable bonds is 7. The Morgan fingerprint density at radius 1 is 1.11 bits per heavy atom. The van der Waals surface area contributed by atoms with Crippen LogP contribution in [0, 0.1) is 0 Å². The summed E-state index contributed by atoms with van der Waals surface area (Å²) in [6, 6.07) is 0.517. The van der Waals surface area contributed by atoms with Gasteiger partial charge in [-0.1, -0.05) is 0 Å². The van der Waals surface area contributed by atoms with Crippen molar-refractivity contribution in [1.82, 2.24) is 30.2 Å². The fraction of sp³-hybridized carbons (Fsp3) is 0.889. The van der Waals surface area contributed by atoms with E-state index in [0.29, 0.717) is 6.04 Å². The quantitative estimate of drug-likeness (QED) is 0.388. The number of nitrogens with one attached hydrogen (secondary N) is 2. The molecule has 0 aromatic rings. The van der Waals surface area contributed by atoms with Crippen LogP contribution >= 0.6 is 0 Å². The van der Waals surface area contributed by atoms with Crippen molar-refractivity contribution in [1.29, 1.82) is 0 Å². The molecule has 4 heterocycles. The number of guanidine groups is 1. The maximum Gasteiger partial charge on any atom is 0.243 e.